The van der Waals surface area contributed by atoms with E-state index in [9.17, 15) is 0 Å². The summed E-state index contributed by atoms with van der Waals surface area (Å²) < 4.78 is 0. The average molecular weight is 204 g/mol. The van der Waals surface area contributed by atoms with E-state index in [-0.39, 0.29) is 0 Å². The van der Waals surface area contributed by atoms with Crippen molar-refractivity contribution in [3.8, 4) is 0 Å². The van der Waals surface area contributed by atoms with Gasteiger partial charge >= 0.3 is 0 Å². The van der Waals surface area contributed by atoms with Crippen LogP contribution >= 0.6 is 0 Å². The highest BCUT2D eigenvalue weighted by Gasteiger charge is 2.36. The second kappa shape index (κ2) is 4.33. The third kappa shape index (κ3) is 3.05. The van der Waals surface area contributed by atoms with Gasteiger partial charge in [0.2, 0.25) is 0 Å². The fourth-order valence-corrected chi connectivity index (χ4v) is 1.69. The number of hydrogen-bond donors (Lipinski definition) is 2. The maximum Gasteiger partial charge on any atom is 0.0205 e. The van der Waals surface area contributed by atoms with Crippen molar-refractivity contribution in [2.45, 2.75) is 32.9 Å². The minimum atomic E-state index is 0.594. The molecule has 2 heteroatoms. The molecular formula is C13H20N2. The molecule has 0 unspecified atom stereocenters. The van der Waals surface area contributed by atoms with Crippen molar-refractivity contribution in [1.82, 2.24) is 5.32 Å². The molecule has 0 spiro atoms. The molecule has 0 radical (unpaired) electrons. The molecule has 1 aromatic rings. The largest absolute Gasteiger partial charge is 0.326 e. The summed E-state index contributed by atoms with van der Waals surface area (Å²) in [6.07, 6.45) is 2.76. The van der Waals surface area contributed by atoms with Gasteiger partial charge in [0.15, 0.2) is 0 Å². The summed E-state index contributed by atoms with van der Waals surface area (Å²) >= 11 is 0. The lowest BCUT2D eigenvalue weighted by Crippen LogP contribution is -2.21. The molecule has 0 atom stereocenters. The van der Waals surface area contributed by atoms with Crippen LogP contribution in [0.1, 0.15) is 30.9 Å². The maximum absolute atomic E-state index is 5.55. The van der Waals surface area contributed by atoms with Crippen molar-refractivity contribution in [2.24, 2.45) is 11.1 Å². The monoisotopic (exact) mass is 204 g/mol. The van der Waals surface area contributed by atoms with Crippen molar-refractivity contribution in [2.75, 3.05) is 6.54 Å². The van der Waals surface area contributed by atoms with E-state index in [4.69, 9.17) is 5.73 Å². The predicted molar refractivity (Wildman–Crippen MR) is 63.4 cm³/mol. The first kappa shape index (κ1) is 10.7. The third-order valence-corrected chi connectivity index (χ3v) is 3.24. The molecule has 2 rings (SSSR count). The topological polar surface area (TPSA) is 38.0 Å². The van der Waals surface area contributed by atoms with Crippen LogP contribution in [0.2, 0.25) is 0 Å². The van der Waals surface area contributed by atoms with E-state index in [0.29, 0.717) is 12.0 Å². The van der Waals surface area contributed by atoms with Crippen molar-refractivity contribution in [1.29, 1.82) is 0 Å². The first-order valence-corrected chi connectivity index (χ1v) is 5.70. The molecule has 1 aliphatic rings. The Kier molecular flexibility index (Phi) is 3.08. The number of nitrogens with one attached hydrogen (secondary N) is 1. The molecule has 3 N–H and O–H groups in total. The van der Waals surface area contributed by atoms with Gasteiger partial charge in [0.05, 0.1) is 0 Å². The van der Waals surface area contributed by atoms with Gasteiger partial charge in [-0.15, -0.1) is 0 Å². The molecule has 1 saturated carbocycles. The number of benzene rings is 1. The smallest absolute Gasteiger partial charge is 0.0205 e. The normalized spacial score (nSPS) is 17.7. The fourth-order valence-electron chi connectivity index (χ4n) is 1.69. The van der Waals surface area contributed by atoms with Crippen molar-refractivity contribution < 1.29 is 0 Å². The van der Waals surface area contributed by atoms with Crippen LogP contribution in [-0.2, 0) is 13.1 Å². The Hall–Kier alpha value is -0.860. The van der Waals surface area contributed by atoms with Gasteiger partial charge in [-0.25, -0.2) is 0 Å². The number of nitrogens with two attached hydrogens (primary N) is 1. The lowest BCUT2D eigenvalue weighted by Gasteiger charge is -2.10. The van der Waals surface area contributed by atoms with E-state index >= 15 is 0 Å². The van der Waals surface area contributed by atoms with Crippen molar-refractivity contribution in [3.05, 3.63) is 35.4 Å². The Bertz CT molecular complexity index is 312. The SMILES string of the molecule is CC1(CNCc2ccc(CN)cc2)CC1. The zero-order valence-electron chi connectivity index (χ0n) is 9.42. The average Bonchev–Trinajstić information content (AvgIpc) is 2.98. The summed E-state index contributed by atoms with van der Waals surface area (Å²) in [5.41, 5.74) is 8.69. The zero-order chi connectivity index (χ0) is 10.7. The predicted octanol–water partition coefficient (Wildman–Crippen LogP) is 2.04. The van der Waals surface area contributed by atoms with Crippen LogP contribution in [-0.4, -0.2) is 6.54 Å². The first-order valence-electron chi connectivity index (χ1n) is 5.70. The highest BCUT2D eigenvalue weighted by molar-refractivity contribution is 5.22. The van der Waals surface area contributed by atoms with Crippen LogP contribution in [0.25, 0.3) is 0 Å². The second-order valence-electron chi connectivity index (χ2n) is 4.93. The zero-order valence-corrected chi connectivity index (χ0v) is 9.42. The van der Waals surface area contributed by atoms with Gasteiger partial charge in [0, 0.05) is 19.6 Å². The summed E-state index contributed by atoms with van der Waals surface area (Å²) in [7, 11) is 0. The Morgan fingerprint density at radius 3 is 2.33 bits per heavy atom. The molecule has 15 heavy (non-hydrogen) atoms. The van der Waals surface area contributed by atoms with Crippen LogP contribution in [0.15, 0.2) is 24.3 Å². The van der Waals surface area contributed by atoms with E-state index in [2.05, 4.69) is 36.5 Å². The minimum Gasteiger partial charge on any atom is -0.326 e. The Balaban J connectivity index is 1.77. The maximum atomic E-state index is 5.55. The fraction of sp³-hybridized carbons (Fsp3) is 0.538. The first-order chi connectivity index (χ1) is 7.22. The lowest BCUT2D eigenvalue weighted by molar-refractivity contribution is 0.499. The standard InChI is InChI=1S/C13H20N2/c1-13(6-7-13)10-15-9-12-4-2-11(8-14)3-5-12/h2-5,15H,6-10,14H2,1H3. The molecule has 1 fully saturated rings. The van der Waals surface area contributed by atoms with Crippen LogP contribution in [0.4, 0.5) is 0 Å². The quantitative estimate of drug-likeness (QED) is 0.770. The molecule has 82 valence electrons. The molecule has 0 heterocycles. The van der Waals surface area contributed by atoms with Gasteiger partial charge in [-0.1, -0.05) is 31.2 Å². The minimum absolute atomic E-state index is 0.594. The van der Waals surface area contributed by atoms with Gasteiger partial charge in [0.1, 0.15) is 0 Å². The van der Waals surface area contributed by atoms with Gasteiger partial charge < -0.3 is 11.1 Å². The second-order valence-corrected chi connectivity index (χ2v) is 4.93. The molecular weight excluding hydrogens is 184 g/mol. The summed E-state index contributed by atoms with van der Waals surface area (Å²) in [6, 6.07) is 8.53. The van der Waals surface area contributed by atoms with Crippen LogP contribution < -0.4 is 11.1 Å². The van der Waals surface area contributed by atoms with Crippen LogP contribution in [0, 0.1) is 5.41 Å². The number of rotatable bonds is 5. The van der Waals surface area contributed by atoms with Gasteiger partial charge in [-0.05, 0) is 29.4 Å². The van der Waals surface area contributed by atoms with Gasteiger partial charge in [-0.3, -0.25) is 0 Å². The van der Waals surface area contributed by atoms with E-state index in [1.54, 1.807) is 0 Å². The molecule has 0 saturated heterocycles. The molecule has 1 aliphatic carbocycles. The van der Waals surface area contributed by atoms with Crippen LogP contribution in [0.3, 0.4) is 0 Å². The van der Waals surface area contributed by atoms with Gasteiger partial charge in [-0.2, -0.15) is 0 Å². The summed E-state index contributed by atoms with van der Waals surface area (Å²) in [5.74, 6) is 0. The van der Waals surface area contributed by atoms with E-state index in [0.717, 1.165) is 13.1 Å². The van der Waals surface area contributed by atoms with Gasteiger partial charge in [0.25, 0.3) is 0 Å². The molecule has 0 amide bonds. The molecule has 0 aliphatic heterocycles. The Morgan fingerprint density at radius 2 is 1.80 bits per heavy atom. The Morgan fingerprint density at radius 1 is 1.20 bits per heavy atom. The molecule has 0 aromatic heterocycles. The number of hydrogen-bond acceptors (Lipinski definition) is 2. The van der Waals surface area contributed by atoms with Crippen LogP contribution in [0.5, 0.6) is 0 Å². The molecule has 2 nitrogen and oxygen atoms in total. The highest BCUT2D eigenvalue weighted by atomic mass is 14.9. The highest BCUT2D eigenvalue weighted by Crippen LogP contribution is 2.44. The lowest BCUT2D eigenvalue weighted by atomic mass is 10.1. The Labute approximate surface area is 91.9 Å². The third-order valence-electron chi connectivity index (χ3n) is 3.24. The van der Waals surface area contributed by atoms with Crippen molar-refractivity contribution >= 4 is 0 Å². The summed E-state index contributed by atoms with van der Waals surface area (Å²) in [4.78, 5) is 0. The molecule has 1 aromatic carbocycles. The van der Waals surface area contributed by atoms with E-state index in [1.165, 1.54) is 24.0 Å². The summed E-state index contributed by atoms with van der Waals surface area (Å²) in [5, 5.41) is 3.51. The van der Waals surface area contributed by atoms with E-state index in [1.807, 2.05) is 0 Å². The van der Waals surface area contributed by atoms with E-state index < -0.39 is 0 Å². The molecule has 0 bridgehead atoms. The summed E-state index contributed by atoms with van der Waals surface area (Å²) in [6.45, 7) is 5.09. The van der Waals surface area contributed by atoms with Crippen molar-refractivity contribution in [3.63, 3.8) is 0 Å².